The molecule has 0 aliphatic carbocycles. The molecule has 0 aliphatic heterocycles. The smallest absolute Gasteiger partial charge is 0.326 e. The molecule has 1 rings (SSSR count). The Morgan fingerprint density at radius 1 is 0.804 bits per heavy atom. The number of benzene rings is 1. The van der Waals surface area contributed by atoms with Crippen molar-refractivity contribution in [3.05, 3.63) is 35.9 Å². The van der Waals surface area contributed by atoms with Gasteiger partial charge in [-0.1, -0.05) is 78.3 Å². The van der Waals surface area contributed by atoms with Crippen LogP contribution < -0.4 is 32.3 Å². The molecule has 18 heteroatoms. The van der Waals surface area contributed by atoms with E-state index in [1.807, 2.05) is 20.1 Å². The molecule has 1 aromatic carbocycles. The molecular weight excluding hydrogens is 747 g/mol. The molecule has 9 N–H and O–H groups in total. The Morgan fingerprint density at radius 3 is 1.93 bits per heavy atom. The van der Waals surface area contributed by atoms with E-state index in [-0.39, 0.29) is 25.2 Å². The summed E-state index contributed by atoms with van der Waals surface area (Å²) < 4.78 is 0. The summed E-state index contributed by atoms with van der Waals surface area (Å²) in [6.07, 6.45) is 2.02. The molecule has 7 atom stereocenters. The van der Waals surface area contributed by atoms with E-state index in [4.69, 9.17) is 10.8 Å². The van der Waals surface area contributed by atoms with E-state index in [2.05, 4.69) is 26.6 Å². The third-order valence-corrected chi connectivity index (χ3v) is 9.74. The molecule has 0 saturated carbocycles. The molecule has 0 bridgehead atoms. The lowest BCUT2D eigenvalue weighted by Gasteiger charge is -2.34. The van der Waals surface area contributed by atoms with Crippen molar-refractivity contribution < 1.29 is 48.6 Å². The van der Waals surface area contributed by atoms with Crippen LogP contribution in [-0.4, -0.2) is 124 Å². The number of aliphatic carboxylic acids is 2. The maximum absolute atomic E-state index is 14.2. The van der Waals surface area contributed by atoms with E-state index in [1.165, 1.54) is 23.7 Å². The van der Waals surface area contributed by atoms with Crippen LogP contribution >= 0.6 is 11.8 Å². The van der Waals surface area contributed by atoms with Crippen LogP contribution in [0.5, 0.6) is 0 Å². The lowest BCUT2D eigenvalue weighted by Crippen LogP contribution is -2.60. The van der Waals surface area contributed by atoms with E-state index >= 15 is 0 Å². The van der Waals surface area contributed by atoms with E-state index in [0.717, 1.165) is 0 Å². The first-order chi connectivity index (χ1) is 26.2. The second-order valence-electron chi connectivity index (χ2n) is 14.6. The highest BCUT2D eigenvalue weighted by Gasteiger charge is 2.37. The first kappa shape index (κ1) is 49.3. The van der Waals surface area contributed by atoms with Gasteiger partial charge in [0.25, 0.3) is 0 Å². The number of rotatable bonds is 25. The van der Waals surface area contributed by atoms with Gasteiger partial charge in [0.1, 0.15) is 30.2 Å². The first-order valence-corrected chi connectivity index (χ1v) is 20.1. The predicted molar refractivity (Wildman–Crippen MR) is 212 cm³/mol. The molecule has 0 spiro atoms. The average Bonchev–Trinajstić information content (AvgIpc) is 3.12. The quantitative estimate of drug-likeness (QED) is 0.0672. The molecule has 17 nitrogen and oxygen atoms in total. The van der Waals surface area contributed by atoms with Crippen LogP contribution in [0.3, 0.4) is 0 Å². The van der Waals surface area contributed by atoms with Crippen LogP contribution in [0.25, 0.3) is 0 Å². The molecule has 0 aliphatic rings. The van der Waals surface area contributed by atoms with Gasteiger partial charge in [-0.3, -0.25) is 33.6 Å². The summed E-state index contributed by atoms with van der Waals surface area (Å²) in [5.41, 5.74) is 6.43. The van der Waals surface area contributed by atoms with Crippen molar-refractivity contribution in [2.75, 3.05) is 25.6 Å². The van der Waals surface area contributed by atoms with Crippen molar-refractivity contribution >= 4 is 59.1 Å². The lowest BCUT2D eigenvalue weighted by molar-refractivity contribution is -0.144. The van der Waals surface area contributed by atoms with Crippen molar-refractivity contribution in [2.24, 2.45) is 23.5 Å². The number of hydrogen-bond acceptors (Lipinski definition) is 10. The molecule has 314 valence electrons. The fraction of sp³-hybridized carbons (Fsp3) is 0.632. The molecule has 0 unspecified atom stereocenters. The standard InChI is InChI=1S/C38H61N7O10S/c1-9-23(6)31(44-33(49)25(39)19-30(47)48)35(51)43-28(18-24-13-11-10-12-14-24)37(53)45(7)32(22(4)5)36(52)40-20-29(46)41-27(17-21(2)3)34(50)42-26(38(54)55)15-16-56-8/h10-14,21-23,25-28,31-32H,9,15-20,39H2,1-8H3,(H,40,52)(H,41,46)(H,42,50)(H,43,51)(H,44,49)(H,47,48)(H,54,55)/t23-,25-,26-,27-,28-,31-,32-/m0/s1. The van der Waals surface area contributed by atoms with Gasteiger partial charge in [0, 0.05) is 13.5 Å². The Bertz CT molecular complexity index is 1500. The molecule has 0 heterocycles. The van der Waals surface area contributed by atoms with Crippen molar-refractivity contribution in [1.82, 2.24) is 31.5 Å². The highest BCUT2D eigenvalue weighted by atomic mass is 32.2. The van der Waals surface area contributed by atoms with E-state index in [1.54, 1.807) is 58.0 Å². The maximum Gasteiger partial charge on any atom is 0.326 e. The fourth-order valence-electron chi connectivity index (χ4n) is 5.85. The number of nitrogens with zero attached hydrogens (tertiary/aromatic N) is 1. The molecule has 0 fully saturated rings. The minimum absolute atomic E-state index is 0.0175. The van der Waals surface area contributed by atoms with Crippen molar-refractivity contribution in [3.8, 4) is 0 Å². The van der Waals surface area contributed by atoms with Gasteiger partial charge in [-0.25, -0.2) is 4.79 Å². The van der Waals surface area contributed by atoms with Crippen LogP contribution in [0.1, 0.15) is 72.8 Å². The second-order valence-corrected chi connectivity index (χ2v) is 15.6. The van der Waals surface area contributed by atoms with E-state index in [0.29, 0.717) is 17.7 Å². The van der Waals surface area contributed by atoms with Gasteiger partial charge in [0.2, 0.25) is 35.4 Å². The number of nitrogens with two attached hydrogens (primary N) is 1. The Hall–Kier alpha value is -4.71. The molecular formula is C38H61N7O10S. The molecule has 0 aromatic heterocycles. The first-order valence-electron chi connectivity index (χ1n) is 18.7. The van der Waals surface area contributed by atoms with Gasteiger partial charge in [-0.2, -0.15) is 11.8 Å². The number of amides is 6. The summed E-state index contributed by atoms with van der Waals surface area (Å²) >= 11 is 1.43. The number of carbonyl (C=O) groups is 8. The van der Waals surface area contributed by atoms with Crippen LogP contribution in [0.2, 0.25) is 0 Å². The van der Waals surface area contributed by atoms with Crippen LogP contribution in [0.15, 0.2) is 30.3 Å². The summed E-state index contributed by atoms with van der Waals surface area (Å²) in [6.45, 7) is 10.0. The minimum Gasteiger partial charge on any atom is -0.481 e. The maximum atomic E-state index is 14.2. The summed E-state index contributed by atoms with van der Waals surface area (Å²) in [5, 5.41) is 31.5. The molecule has 1 aromatic rings. The Labute approximate surface area is 333 Å². The minimum atomic E-state index is -1.41. The topological polar surface area (TPSA) is 266 Å². The molecule has 0 radical (unpaired) electrons. The molecule has 0 saturated heterocycles. The number of carboxylic acids is 2. The normalized spacial score (nSPS) is 14.9. The van der Waals surface area contributed by atoms with E-state index < -0.39 is 108 Å². The summed E-state index contributed by atoms with van der Waals surface area (Å²) in [6, 6.07) is 1.69. The van der Waals surface area contributed by atoms with Gasteiger partial charge >= 0.3 is 11.9 Å². The van der Waals surface area contributed by atoms with Crippen molar-refractivity contribution in [2.45, 2.75) is 110 Å². The highest BCUT2D eigenvalue weighted by molar-refractivity contribution is 7.98. The number of hydrogen-bond donors (Lipinski definition) is 8. The van der Waals surface area contributed by atoms with Gasteiger partial charge in [0.05, 0.1) is 19.0 Å². The Morgan fingerprint density at radius 2 is 1.41 bits per heavy atom. The van der Waals surface area contributed by atoms with Crippen LogP contribution in [0, 0.1) is 17.8 Å². The summed E-state index contributed by atoms with van der Waals surface area (Å²) in [4.78, 5) is 105. The summed E-state index contributed by atoms with van der Waals surface area (Å²) in [5.74, 6) is -7.19. The highest BCUT2D eigenvalue weighted by Crippen LogP contribution is 2.16. The van der Waals surface area contributed by atoms with Gasteiger partial charge in [-0.15, -0.1) is 0 Å². The molecule has 6 amide bonds. The monoisotopic (exact) mass is 807 g/mol. The van der Waals surface area contributed by atoms with Gasteiger partial charge in [0.15, 0.2) is 0 Å². The Balaban J connectivity index is 3.25. The zero-order chi connectivity index (χ0) is 42.7. The van der Waals surface area contributed by atoms with Gasteiger partial charge in [-0.05, 0) is 48.2 Å². The van der Waals surface area contributed by atoms with Gasteiger partial charge < -0.3 is 47.4 Å². The van der Waals surface area contributed by atoms with Crippen molar-refractivity contribution in [1.29, 1.82) is 0 Å². The number of carboxylic acid groups (broad SMARTS) is 2. The fourth-order valence-corrected chi connectivity index (χ4v) is 6.32. The number of carbonyl (C=O) groups excluding carboxylic acids is 6. The SMILES string of the molecule is CC[C@H](C)[C@H](NC(=O)[C@@H](N)CC(=O)O)C(=O)N[C@@H](Cc1ccccc1)C(=O)N(C)[C@H](C(=O)NCC(=O)N[C@@H](CC(C)C)C(=O)N[C@@H](CCSC)C(=O)O)C(C)C. The Kier molecular flexibility index (Phi) is 21.8. The van der Waals surface area contributed by atoms with Crippen LogP contribution in [0.4, 0.5) is 0 Å². The number of thioether (sulfide) groups is 1. The zero-order valence-corrected chi connectivity index (χ0v) is 34.4. The largest absolute Gasteiger partial charge is 0.481 e. The number of likely N-dealkylation sites (N-methyl/N-ethyl adjacent to an activating group) is 1. The number of nitrogens with one attached hydrogen (secondary N) is 5. The summed E-state index contributed by atoms with van der Waals surface area (Å²) in [7, 11) is 1.40. The van der Waals surface area contributed by atoms with Crippen LogP contribution in [-0.2, 0) is 44.8 Å². The second kappa shape index (κ2) is 24.7. The van der Waals surface area contributed by atoms with Crippen molar-refractivity contribution in [3.63, 3.8) is 0 Å². The lowest BCUT2D eigenvalue weighted by atomic mass is 9.96. The average molecular weight is 808 g/mol. The third-order valence-electron chi connectivity index (χ3n) is 9.09. The predicted octanol–water partition coefficient (Wildman–Crippen LogP) is 0.499. The third kappa shape index (κ3) is 17.0. The van der Waals surface area contributed by atoms with E-state index in [9.17, 15) is 43.5 Å². The molecule has 56 heavy (non-hydrogen) atoms. The zero-order valence-electron chi connectivity index (χ0n) is 33.6.